The third kappa shape index (κ3) is 1.94. The van der Waals surface area contributed by atoms with Gasteiger partial charge >= 0.3 is 5.69 Å². The van der Waals surface area contributed by atoms with Crippen LogP contribution in [-0.4, -0.2) is 55.2 Å². The highest BCUT2D eigenvalue weighted by Gasteiger charge is 2.18. The summed E-state index contributed by atoms with van der Waals surface area (Å²) >= 11 is 5.54. The van der Waals surface area contributed by atoms with Crippen molar-refractivity contribution in [2.45, 2.75) is 6.54 Å². The predicted octanol–water partition coefficient (Wildman–Crippen LogP) is -0.773. The molecule has 2 aromatic heterocycles. The summed E-state index contributed by atoms with van der Waals surface area (Å²) in [4.78, 5) is 29.0. The molecule has 96 valence electrons. The molecule has 1 amide bonds. The standard InChI is InChI=1S/C9H11ClN6O2/c1-14(2)8(17)6-7-12-13-16(4-3-10)9(18)15(7)5-11-6/h5H,3-4H2,1-2H3. The van der Waals surface area contributed by atoms with E-state index < -0.39 is 5.69 Å². The van der Waals surface area contributed by atoms with Crippen molar-refractivity contribution in [2.75, 3.05) is 20.0 Å². The minimum atomic E-state index is -0.425. The van der Waals surface area contributed by atoms with E-state index >= 15 is 0 Å². The first-order valence-corrected chi connectivity index (χ1v) is 5.68. The number of hydrogen-bond donors (Lipinski definition) is 0. The number of rotatable bonds is 3. The molecule has 0 aromatic carbocycles. The van der Waals surface area contributed by atoms with Gasteiger partial charge in [0, 0.05) is 20.0 Å². The van der Waals surface area contributed by atoms with Crippen LogP contribution in [0.3, 0.4) is 0 Å². The Balaban J connectivity index is 2.60. The van der Waals surface area contributed by atoms with Crippen LogP contribution in [0.2, 0.25) is 0 Å². The highest BCUT2D eigenvalue weighted by atomic mass is 35.5. The van der Waals surface area contributed by atoms with Gasteiger partial charge in [-0.1, -0.05) is 5.21 Å². The lowest BCUT2D eigenvalue weighted by Crippen LogP contribution is -2.31. The van der Waals surface area contributed by atoms with E-state index in [1.54, 1.807) is 14.1 Å². The van der Waals surface area contributed by atoms with E-state index in [4.69, 9.17) is 11.6 Å². The molecule has 0 aliphatic heterocycles. The van der Waals surface area contributed by atoms with Crippen LogP contribution in [0.25, 0.3) is 5.65 Å². The Bertz CT molecular complexity index is 646. The van der Waals surface area contributed by atoms with Crippen molar-refractivity contribution in [3.05, 3.63) is 22.5 Å². The Morgan fingerprint density at radius 1 is 1.50 bits per heavy atom. The summed E-state index contributed by atoms with van der Waals surface area (Å²) in [5, 5.41) is 7.54. The van der Waals surface area contributed by atoms with Gasteiger partial charge in [-0.2, -0.15) is 4.68 Å². The lowest BCUT2D eigenvalue weighted by atomic mass is 10.4. The highest BCUT2D eigenvalue weighted by Crippen LogP contribution is 2.04. The van der Waals surface area contributed by atoms with Crippen LogP contribution in [-0.2, 0) is 6.54 Å². The molecular formula is C9H11ClN6O2. The fourth-order valence-corrected chi connectivity index (χ4v) is 1.58. The van der Waals surface area contributed by atoms with E-state index in [1.807, 2.05) is 0 Å². The predicted molar refractivity (Wildman–Crippen MR) is 63.8 cm³/mol. The second-order valence-corrected chi connectivity index (χ2v) is 4.15. The van der Waals surface area contributed by atoms with Crippen LogP contribution < -0.4 is 5.69 Å². The van der Waals surface area contributed by atoms with Gasteiger partial charge in [0.05, 0.1) is 6.54 Å². The normalized spacial score (nSPS) is 10.8. The van der Waals surface area contributed by atoms with Gasteiger partial charge < -0.3 is 4.90 Å². The number of imidazole rings is 1. The van der Waals surface area contributed by atoms with Gasteiger partial charge in [-0.15, -0.1) is 16.7 Å². The molecule has 0 aliphatic carbocycles. The van der Waals surface area contributed by atoms with E-state index in [2.05, 4.69) is 15.3 Å². The van der Waals surface area contributed by atoms with Crippen LogP contribution in [0.1, 0.15) is 10.5 Å². The Morgan fingerprint density at radius 3 is 2.83 bits per heavy atom. The molecule has 2 heterocycles. The summed E-state index contributed by atoms with van der Waals surface area (Å²) in [5.74, 6) is -0.0838. The molecule has 18 heavy (non-hydrogen) atoms. The number of amides is 1. The lowest BCUT2D eigenvalue weighted by Gasteiger charge is -2.07. The molecule has 0 radical (unpaired) electrons. The van der Waals surface area contributed by atoms with Gasteiger partial charge in [-0.05, 0) is 0 Å². The van der Waals surface area contributed by atoms with Gasteiger partial charge in [-0.25, -0.2) is 14.2 Å². The van der Waals surface area contributed by atoms with Crippen molar-refractivity contribution in [3.63, 3.8) is 0 Å². The zero-order valence-electron chi connectivity index (χ0n) is 9.87. The zero-order valence-corrected chi connectivity index (χ0v) is 10.6. The van der Waals surface area contributed by atoms with E-state index in [9.17, 15) is 9.59 Å². The molecule has 2 aromatic rings. The first kappa shape index (κ1) is 12.5. The second-order valence-electron chi connectivity index (χ2n) is 3.77. The number of nitrogens with zero attached hydrogens (tertiary/aromatic N) is 6. The molecule has 0 N–H and O–H groups in total. The van der Waals surface area contributed by atoms with E-state index in [1.165, 1.54) is 15.6 Å². The lowest BCUT2D eigenvalue weighted by molar-refractivity contribution is 0.0824. The quantitative estimate of drug-likeness (QED) is 0.684. The van der Waals surface area contributed by atoms with E-state index in [-0.39, 0.29) is 29.7 Å². The molecule has 0 saturated carbocycles. The third-order valence-corrected chi connectivity index (χ3v) is 2.49. The van der Waals surface area contributed by atoms with Gasteiger partial charge in [0.25, 0.3) is 5.91 Å². The number of fused-ring (bicyclic) bond motifs is 1. The molecule has 8 nitrogen and oxygen atoms in total. The van der Waals surface area contributed by atoms with Crippen LogP contribution >= 0.6 is 11.6 Å². The Kier molecular flexibility index (Phi) is 3.28. The second kappa shape index (κ2) is 4.73. The molecule has 0 fully saturated rings. The monoisotopic (exact) mass is 270 g/mol. The fourth-order valence-electron chi connectivity index (χ4n) is 1.42. The maximum atomic E-state index is 11.9. The van der Waals surface area contributed by atoms with Crippen molar-refractivity contribution < 1.29 is 4.79 Å². The van der Waals surface area contributed by atoms with Crippen molar-refractivity contribution in [1.29, 1.82) is 0 Å². The van der Waals surface area contributed by atoms with Gasteiger partial charge in [0.15, 0.2) is 11.3 Å². The van der Waals surface area contributed by atoms with Crippen molar-refractivity contribution in [2.24, 2.45) is 0 Å². The molecule has 0 saturated heterocycles. The summed E-state index contributed by atoms with van der Waals surface area (Å²) < 4.78 is 2.29. The van der Waals surface area contributed by atoms with Crippen LogP contribution in [0.15, 0.2) is 11.1 Å². The number of carbonyl (C=O) groups excluding carboxylic acids is 1. The number of aromatic nitrogens is 5. The molecular weight excluding hydrogens is 260 g/mol. The number of carbonyl (C=O) groups is 1. The summed E-state index contributed by atoms with van der Waals surface area (Å²) in [6.45, 7) is 0.248. The minimum Gasteiger partial charge on any atom is -0.343 e. The summed E-state index contributed by atoms with van der Waals surface area (Å²) in [7, 11) is 3.19. The molecule has 9 heteroatoms. The van der Waals surface area contributed by atoms with Gasteiger partial charge in [0.2, 0.25) is 0 Å². The van der Waals surface area contributed by atoms with E-state index in [0.717, 1.165) is 4.68 Å². The number of aryl methyl sites for hydroxylation is 1. The maximum Gasteiger partial charge on any atom is 0.353 e. The Labute approximate surface area is 107 Å². The van der Waals surface area contributed by atoms with Gasteiger partial charge in [-0.3, -0.25) is 4.79 Å². The summed E-state index contributed by atoms with van der Waals surface area (Å²) in [6, 6.07) is 0. The minimum absolute atomic E-state index is 0.0997. The Morgan fingerprint density at radius 2 is 2.22 bits per heavy atom. The number of halogens is 1. The smallest absolute Gasteiger partial charge is 0.343 e. The van der Waals surface area contributed by atoms with Crippen molar-refractivity contribution in [3.8, 4) is 0 Å². The molecule has 0 spiro atoms. The Hall–Kier alpha value is -1.96. The SMILES string of the molecule is CN(C)C(=O)c1ncn2c(=O)n(CCCl)nnc12. The fraction of sp³-hybridized carbons (Fsp3) is 0.444. The first-order chi connectivity index (χ1) is 8.56. The highest BCUT2D eigenvalue weighted by molar-refractivity contribution is 6.17. The summed E-state index contributed by atoms with van der Waals surface area (Å²) in [6.07, 6.45) is 1.26. The average Bonchev–Trinajstić information content (AvgIpc) is 2.76. The van der Waals surface area contributed by atoms with E-state index in [0.29, 0.717) is 0 Å². The summed E-state index contributed by atoms with van der Waals surface area (Å²) in [5.41, 5.74) is -0.182. The largest absolute Gasteiger partial charge is 0.353 e. The molecule has 0 unspecified atom stereocenters. The maximum absolute atomic E-state index is 11.9. The first-order valence-electron chi connectivity index (χ1n) is 5.14. The topological polar surface area (TPSA) is 85.4 Å². The number of alkyl halides is 1. The number of hydrogen-bond acceptors (Lipinski definition) is 5. The van der Waals surface area contributed by atoms with Crippen molar-refractivity contribution in [1.82, 2.24) is 29.3 Å². The zero-order chi connectivity index (χ0) is 13.3. The van der Waals surface area contributed by atoms with Crippen LogP contribution in [0, 0.1) is 0 Å². The average molecular weight is 271 g/mol. The van der Waals surface area contributed by atoms with Gasteiger partial charge in [0.1, 0.15) is 6.33 Å². The molecule has 0 aliphatic rings. The van der Waals surface area contributed by atoms with Crippen LogP contribution in [0.4, 0.5) is 0 Å². The third-order valence-electron chi connectivity index (χ3n) is 2.32. The molecule has 0 bridgehead atoms. The van der Waals surface area contributed by atoms with Crippen molar-refractivity contribution >= 4 is 23.2 Å². The van der Waals surface area contributed by atoms with Crippen LogP contribution in [0.5, 0.6) is 0 Å². The molecule has 0 atom stereocenters. The molecule has 2 rings (SSSR count).